The lowest BCUT2D eigenvalue weighted by molar-refractivity contribution is -0.0208. The highest BCUT2D eigenvalue weighted by atomic mass is 16.5. The zero-order valence-corrected chi connectivity index (χ0v) is 33.6. The smallest absolute Gasteiger partial charge is 0.0820 e. The van der Waals surface area contributed by atoms with Crippen molar-refractivity contribution in [1.29, 1.82) is 0 Å². The van der Waals surface area contributed by atoms with E-state index in [0.717, 1.165) is 129 Å². The highest BCUT2D eigenvalue weighted by molar-refractivity contribution is 5.03. The molecule has 0 rings (SSSR count). The van der Waals surface area contributed by atoms with Crippen LogP contribution in [0.1, 0.15) is 123 Å². The van der Waals surface area contributed by atoms with E-state index in [9.17, 15) is 0 Å². The molecule has 0 fully saturated rings. The Morgan fingerprint density at radius 2 is 0.712 bits per heavy atom. The SMILES string of the molecule is CC/C=C\C/C=C\C/C=C\C/C=C\C/C=C\C/C=C\CCCOCC(CCNC)OCCC/C=C\C/C=C\C/C=C\C/C=C\C/C=C\C/C=C\CC. The number of hydrogen-bond acceptors (Lipinski definition) is 3. The largest absolute Gasteiger partial charge is 0.379 e. The van der Waals surface area contributed by atoms with E-state index in [1.807, 2.05) is 7.05 Å². The van der Waals surface area contributed by atoms with Crippen molar-refractivity contribution in [2.75, 3.05) is 33.4 Å². The minimum Gasteiger partial charge on any atom is -0.379 e. The molecule has 0 aromatic heterocycles. The highest BCUT2D eigenvalue weighted by Gasteiger charge is 2.08. The first kappa shape index (κ1) is 48.8. The molecule has 0 amide bonds. The average molecular weight is 712 g/mol. The van der Waals surface area contributed by atoms with Crippen molar-refractivity contribution in [3.05, 3.63) is 146 Å². The fourth-order valence-electron chi connectivity index (χ4n) is 4.77. The molecule has 0 aliphatic rings. The van der Waals surface area contributed by atoms with Crippen LogP contribution >= 0.6 is 0 Å². The molecule has 1 N–H and O–H groups in total. The molecule has 0 saturated carbocycles. The molecule has 0 spiro atoms. The number of allylic oxidation sites excluding steroid dienone is 24. The van der Waals surface area contributed by atoms with Gasteiger partial charge < -0.3 is 14.8 Å². The molecule has 3 nitrogen and oxygen atoms in total. The molecule has 0 heterocycles. The number of hydrogen-bond donors (Lipinski definition) is 1. The summed E-state index contributed by atoms with van der Waals surface area (Å²) in [5.74, 6) is 0. The maximum atomic E-state index is 6.16. The zero-order valence-electron chi connectivity index (χ0n) is 33.6. The maximum absolute atomic E-state index is 6.16. The standard InChI is InChI=1S/C49H77NO2/c1-4-6-8-10-12-14-16-18-20-22-24-26-28-30-32-34-36-38-40-42-46-51-48-49(44-45-50-3)52-47-43-41-39-37-35-33-31-29-27-25-23-21-19-17-15-13-11-9-7-5-2/h6-9,12-15,18-21,24-27,30-33,36-39,49-50H,4-5,10-11,16-17,22-23,28-29,34-35,40-48H2,1-3H3/b8-6-,9-7-,14-12-,15-13-,20-18-,21-19-,26-24-,27-25-,32-30-,33-31-,38-36-,39-37-. The first-order valence-corrected chi connectivity index (χ1v) is 20.5. The van der Waals surface area contributed by atoms with E-state index in [-0.39, 0.29) is 6.10 Å². The van der Waals surface area contributed by atoms with Crippen LogP contribution in [0.5, 0.6) is 0 Å². The Bertz CT molecular complexity index is 1090. The summed E-state index contributed by atoms with van der Waals surface area (Å²) >= 11 is 0. The second kappa shape index (κ2) is 45.8. The summed E-state index contributed by atoms with van der Waals surface area (Å²) in [6.07, 6.45) is 71.5. The van der Waals surface area contributed by atoms with Crippen LogP contribution in [0.2, 0.25) is 0 Å². The zero-order chi connectivity index (χ0) is 37.5. The topological polar surface area (TPSA) is 30.5 Å². The van der Waals surface area contributed by atoms with Crippen molar-refractivity contribution < 1.29 is 9.47 Å². The second-order valence-electron chi connectivity index (χ2n) is 12.6. The Morgan fingerprint density at radius 1 is 0.404 bits per heavy atom. The molecule has 0 radical (unpaired) electrons. The Balaban J connectivity index is 3.82. The van der Waals surface area contributed by atoms with Gasteiger partial charge in [0.1, 0.15) is 0 Å². The van der Waals surface area contributed by atoms with Crippen LogP contribution < -0.4 is 5.32 Å². The fraction of sp³-hybridized carbons (Fsp3) is 0.510. The summed E-state index contributed by atoms with van der Waals surface area (Å²) in [5, 5.41) is 3.24. The summed E-state index contributed by atoms with van der Waals surface area (Å²) in [5.41, 5.74) is 0. The van der Waals surface area contributed by atoms with Crippen LogP contribution in [-0.2, 0) is 9.47 Å². The second-order valence-corrected chi connectivity index (χ2v) is 12.6. The van der Waals surface area contributed by atoms with Crippen molar-refractivity contribution in [2.45, 2.75) is 129 Å². The molecule has 0 saturated heterocycles. The van der Waals surface area contributed by atoms with Gasteiger partial charge in [0.15, 0.2) is 0 Å². The van der Waals surface area contributed by atoms with E-state index < -0.39 is 0 Å². The third-order valence-corrected chi connectivity index (χ3v) is 7.74. The van der Waals surface area contributed by atoms with Gasteiger partial charge in [0.05, 0.1) is 12.7 Å². The van der Waals surface area contributed by atoms with Crippen molar-refractivity contribution >= 4 is 0 Å². The monoisotopic (exact) mass is 712 g/mol. The third kappa shape index (κ3) is 42.9. The number of rotatable bonds is 36. The lowest BCUT2D eigenvalue weighted by Gasteiger charge is -2.18. The lowest BCUT2D eigenvalue weighted by atomic mass is 10.2. The maximum Gasteiger partial charge on any atom is 0.0820 e. The van der Waals surface area contributed by atoms with Crippen molar-refractivity contribution in [1.82, 2.24) is 5.32 Å². The van der Waals surface area contributed by atoms with Gasteiger partial charge in [-0.25, -0.2) is 0 Å². The van der Waals surface area contributed by atoms with E-state index in [1.165, 1.54) is 0 Å². The first-order chi connectivity index (χ1) is 25.8. The quantitative estimate of drug-likeness (QED) is 0.0518. The lowest BCUT2D eigenvalue weighted by Crippen LogP contribution is -2.25. The summed E-state index contributed by atoms with van der Waals surface area (Å²) in [6.45, 7) is 7.51. The van der Waals surface area contributed by atoms with E-state index >= 15 is 0 Å². The number of ether oxygens (including phenoxy) is 2. The molecule has 52 heavy (non-hydrogen) atoms. The van der Waals surface area contributed by atoms with E-state index in [4.69, 9.17) is 9.47 Å². The molecular weight excluding hydrogens is 635 g/mol. The Labute approximate surface area is 322 Å². The summed E-state index contributed by atoms with van der Waals surface area (Å²) in [7, 11) is 1.99. The van der Waals surface area contributed by atoms with Crippen LogP contribution in [-0.4, -0.2) is 39.5 Å². The van der Waals surface area contributed by atoms with Gasteiger partial charge in [-0.1, -0.05) is 160 Å². The van der Waals surface area contributed by atoms with Gasteiger partial charge in [0.2, 0.25) is 0 Å². The van der Waals surface area contributed by atoms with E-state index in [2.05, 4.69) is 165 Å². The molecule has 290 valence electrons. The molecule has 0 aliphatic carbocycles. The third-order valence-electron chi connectivity index (χ3n) is 7.74. The normalized spacial score (nSPS) is 14.1. The minimum atomic E-state index is 0.156. The first-order valence-electron chi connectivity index (χ1n) is 20.5. The van der Waals surface area contributed by atoms with Crippen molar-refractivity contribution in [3.8, 4) is 0 Å². The Kier molecular flexibility index (Phi) is 42.9. The number of unbranched alkanes of at least 4 members (excludes halogenated alkanes) is 2. The van der Waals surface area contributed by atoms with Gasteiger partial charge in [-0.15, -0.1) is 0 Å². The van der Waals surface area contributed by atoms with Gasteiger partial charge in [-0.3, -0.25) is 0 Å². The van der Waals surface area contributed by atoms with Crippen LogP contribution in [0, 0.1) is 0 Å². The molecule has 1 atom stereocenters. The van der Waals surface area contributed by atoms with Crippen LogP contribution in [0.25, 0.3) is 0 Å². The summed E-state index contributed by atoms with van der Waals surface area (Å²) in [6, 6.07) is 0. The number of nitrogens with one attached hydrogen (secondary N) is 1. The average Bonchev–Trinajstić information content (AvgIpc) is 3.16. The minimum absolute atomic E-state index is 0.156. The molecular formula is C49H77NO2. The summed E-state index contributed by atoms with van der Waals surface area (Å²) < 4.78 is 12.1. The van der Waals surface area contributed by atoms with Gasteiger partial charge in [-0.2, -0.15) is 0 Å². The van der Waals surface area contributed by atoms with Gasteiger partial charge >= 0.3 is 0 Å². The van der Waals surface area contributed by atoms with Crippen LogP contribution in [0.15, 0.2) is 146 Å². The van der Waals surface area contributed by atoms with E-state index in [0.29, 0.717) is 6.61 Å². The molecule has 0 aromatic carbocycles. The predicted octanol–water partition coefficient (Wildman–Crippen LogP) is 14.0. The van der Waals surface area contributed by atoms with Crippen LogP contribution in [0.4, 0.5) is 0 Å². The Morgan fingerprint density at radius 3 is 1.04 bits per heavy atom. The summed E-state index contributed by atoms with van der Waals surface area (Å²) in [4.78, 5) is 0. The van der Waals surface area contributed by atoms with Gasteiger partial charge in [-0.05, 0) is 123 Å². The van der Waals surface area contributed by atoms with Crippen LogP contribution in [0.3, 0.4) is 0 Å². The Hall–Kier alpha value is -3.24. The fourth-order valence-corrected chi connectivity index (χ4v) is 4.77. The molecule has 1 unspecified atom stereocenters. The van der Waals surface area contributed by atoms with Crippen molar-refractivity contribution in [2.24, 2.45) is 0 Å². The molecule has 0 aliphatic heterocycles. The predicted molar refractivity (Wildman–Crippen MR) is 234 cm³/mol. The molecule has 0 bridgehead atoms. The van der Waals surface area contributed by atoms with Gasteiger partial charge in [0.25, 0.3) is 0 Å². The molecule has 3 heteroatoms. The van der Waals surface area contributed by atoms with Crippen molar-refractivity contribution in [3.63, 3.8) is 0 Å². The highest BCUT2D eigenvalue weighted by Crippen LogP contribution is 2.05. The van der Waals surface area contributed by atoms with Gasteiger partial charge in [0, 0.05) is 13.2 Å². The molecule has 0 aromatic rings. The van der Waals surface area contributed by atoms with E-state index in [1.54, 1.807) is 0 Å².